The Morgan fingerprint density at radius 2 is 2.33 bits per heavy atom. The lowest BCUT2D eigenvalue weighted by atomic mass is 10.1. The summed E-state index contributed by atoms with van der Waals surface area (Å²) in [6.07, 6.45) is 2.63. The van der Waals surface area contributed by atoms with Crippen molar-refractivity contribution in [1.29, 1.82) is 0 Å². The van der Waals surface area contributed by atoms with E-state index in [2.05, 4.69) is 15.9 Å². The van der Waals surface area contributed by atoms with Gasteiger partial charge in [-0.15, -0.1) is 0 Å². The molecule has 1 aliphatic heterocycles. The summed E-state index contributed by atoms with van der Waals surface area (Å²) in [5.74, 6) is 0.0170. The zero-order valence-electron chi connectivity index (χ0n) is 9.90. The van der Waals surface area contributed by atoms with E-state index in [4.69, 9.17) is 16.7 Å². The van der Waals surface area contributed by atoms with Crippen LogP contribution in [0.4, 0.5) is 0 Å². The van der Waals surface area contributed by atoms with Crippen LogP contribution < -0.4 is 0 Å². The number of amides is 1. The molecule has 1 aliphatic rings. The Balaban J connectivity index is 2.17. The second kappa shape index (κ2) is 6.04. The number of aliphatic hydroxyl groups excluding tert-OH is 1. The lowest BCUT2D eigenvalue weighted by Crippen LogP contribution is -2.36. The summed E-state index contributed by atoms with van der Waals surface area (Å²) in [7, 11) is 0. The third kappa shape index (κ3) is 2.87. The zero-order valence-corrected chi connectivity index (χ0v) is 12.2. The van der Waals surface area contributed by atoms with Gasteiger partial charge in [0, 0.05) is 29.2 Å². The van der Waals surface area contributed by atoms with Gasteiger partial charge in [-0.25, -0.2) is 0 Å². The standard InChI is InChI=1S/C13H15BrClNO2/c14-11-8-9(3-4-12(11)15)13(18)16-6-1-2-10(16)5-7-17/h3-4,8,10,17H,1-2,5-7H2. The van der Waals surface area contributed by atoms with Crippen molar-refractivity contribution in [2.75, 3.05) is 13.2 Å². The number of likely N-dealkylation sites (tertiary alicyclic amines) is 1. The van der Waals surface area contributed by atoms with Gasteiger partial charge in [0.25, 0.3) is 5.91 Å². The Hall–Kier alpha value is -0.580. The molecule has 18 heavy (non-hydrogen) atoms. The number of halogens is 2. The third-order valence-electron chi connectivity index (χ3n) is 3.27. The van der Waals surface area contributed by atoms with Crippen LogP contribution in [-0.4, -0.2) is 35.1 Å². The summed E-state index contributed by atoms with van der Waals surface area (Å²) in [4.78, 5) is 14.2. The molecule has 0 radical (unpaired) electrons. The quantitative estimate of drug-likeness (QED) is 0.924. The van der Waals surface area contributed by atoms with Crippen molar-refractivity contribution in [2.24, 2.45) is 0 Å². The van der Waals surface area contributed by atoms with Gasteiger partial charge in [-0.3, -0.25) is 4.79 Å². The first-order chi connectivity index (χ1) is 8.63. The second-order valence-corrected chi connectivity index (χ2v) is 5.70. The number of rotatable bonds is 3. The van der Waals surface area contributed by atoms with Crippen LogP contribution in [-0.2, 0) is 0 Å². The summed E-state index contributed by atoms with van der Waals surface area (Å²) in [6.45, 7) is 0.891. The van der Waals surface area contributed by atoms with Crippen LogP contribution in [0.15, 0.2) is 22.7 Å². The highest BCUT2D eigenvalue weighted by Crippen LogP contribution is 2.26. The molecule has 0 aliphatic carbocycles. The minimum absolute atomic E-state index is 0.0170. The Kier molecular flexibility index (Phi) is 4.65. The van der Waals surface area contributed by atoms with Crippen LogP contribution in [0.25, 0.3) is 0 Å². The molecule has 0 aromatic heterocycles. The lowest BCUT2D eigenvalue weighted by Gasteiger charge is -2.24. The number of hydrogen-bond acceptors (Lipinski definition) is 2. The van der Waals surface area contributed by atoms with Crippen molar-refractivity contribution < 1.29 is 9.90 Å². The average molecular weight is 333 g/mol. The molecule has 1 atom stereocenters. The van der Waals surface area contributed by atoms with E-state index < -0.39 is 0 Å². The normalized spacial score (nSPS) is 19.3. The molecule has 1 unspecified atom stereocenters. The maximum absolute atomic E-state index is 12.4. The number of benzene rings is 1. The van der Waals surface area contributed by atoms with Gasteiger partial charge in [-0.2, -0.15) is 0 Å². The van der Waals surface area contributed by atoms with E-state index in [1.54, 1.807) is 18.2 Å². The summed E-state index contributed by atoms with van der Waals surface area (Å²) >= 11 is 9.24. The van der Waals surface area contributed by atoms with Gasteiger partial charge in [0.05, 0.1) is 5.02 Å². The third-order valence-corrected chi connectivity index (χ3v) is 4.48. The van der Waals surface area contributed by atoms with Crippen molar-refractivity contribution in [2.45, 2.75) is 25.3 Å². The van der Waals surface area contributed by atoms with Crippen LogP contribution >= 0.6 is 27.5 Å². The molecule has 0 bridgehead atoms. The molecule has 0 spiro atoms. The maximum atomic E-state index is 12.4. The molecule has 1 amide bonds. The fourth-order valence-electron chi connectivity index (χ4n) is 2.35. The summed E-state index contributed by atoms with van der Waals surface area (Å²) < 4.78 is 0.730. The first kappa shape index (κ1) is 13.8. The molecule has 1 N–H and O–H groups in total. The second-order valence-electron chi connectivity index (χ2n) is 4.44. The van der Waals surface area contributed by atoms with E-state index in [1.807, 2.05) is 4.90 Å². The Bertz CT molecular complexity index is 453. The topological polar surface area (TPSA) is 40.5 Å². The number of hydrogen-bond donors (Lipinski definition) is 1. The monoisotopic (exact) mass is 331 g/mol. The number of nitrogens with zero attached hydrogens (tertiary/aromatic N) is 1. The van der Waals surface area contributed by atoms with Crippen LogP contribution in [0, 0.1) is 0 Å². The largest absolute Gasteiger partial charge is 0.396 e. The molecule has 2 rings (SSSR count). The fourth-order valence-corrected chi connectivity index (χ4v) is 2.84. The van der Waals surface area contributed by atoms with E-state index >= 15 is 0 Å². The molecule has 1 fully saturated rings. The van der Waals surface area contributed by atoms with E-state index in [-0.39, 0.29) is 18.6 Å². The van der Waals surface area contributed by atoms with Gasteiger partial charge in [0.1, 0.15) is 0 Å². The first-order valence-corrected chi connectivity index (χ1v) is 7.17. The summed E-state index contributed by atoms with van der Waals surface area (Å²) in [5, 5.41) is 9.61. The smallest absolute Gasteiger partial charge is 0.254 e. The summed E-state index contributed by atoms with van der Waals surface area (Å²) in [5.41, 5.74) is 0.635. The predicted octanol–water partition coefficient (Wildman–Crippen LogP) is 3.09. The minimum Gasteiger partial charge on any atom is -0.396 e. The molecule has 1 aromatic rings. The fraction of sp³-hybridized carbons (Fsp3) is 0.462. The highest BCUT2D eigenvalue weighted by molar-refractivity contribution is 9.10. The van der Waals surface area contributed by atoms with Gasteiger partial charge in [-0.1, -0.05) is 11.6 Å². The van der Waals surface area contributed by atoms with Crippen LogP contribution in [0.5, 0.6) is 0 Å². The molecule has 98 valence electrons. The van der Waals surface area contributed by atoms with Crippen molar-refractivity contribution in [3.8, 4) is 0 Å². The molecule has 1 aromatic carbocycles. The van der Waals surface area contributed by atoms with E-state index in [0.717, 1.165) is 23.9 Å². The molecule has 3 nitrogen and oxygen atoms in total. The Morgan fingerprint density at radius 3 is 3.00 bits per heavy atom. The molecule has 1 saturated heterocycles. The molecule has 0 saturated carbocycles. The van der Waals surface area contributed by atoms with Gasteiger partial charge in [0.2, 0.25) is 0 Å². The van der Waals surface area contributed by atoms with Gasteiger partial charge in [0.15, 0.2) is 0 Å². The number of aliphatic hydroxyl groups is 1. The average Bonchev–Trinajstić information content (AvgIpc) is 2.80. The van der Waals surface area contributed by atoms with Crippen molar-refractivity contribution in [3.63, 3.8) is 0 Å². The molecular formula is C13H15BrClNO2. The van der Waals surface area contributed by atoms with Crippen LogP contribution in [0.2, 0.25) is 5.02 Å². The van der Waals surface area contributed by atoms with Crippen molar-refractivity contribution in [3.05, 3.63) is 33.3 Å². The molecular weight excluding hydrogens is 318 g/mol. The Morgan fingerprint density at radius 1 is 1.56 bits per heavy atom. The van der Waals surface area contributed by atoms with Gasteiger partial charge >= 0.3 is 0 Å². The van der Waals surface area contributed by atoms with Crippen LogP contribution in [0.3, 0.4) is 0 Å². The van der Waals surface area contributed by atoms with Crippen molar-refractivity contribution >= 4 is 33.4 Å². The highest BCUT2D eigenvalue weighted by atomic mass is 79.9. The zero-order chi connectivity index (χ0) is 13.1. The van der Waals surface area contributed by atoms with E-state index in [0.29, 0.717) is 17.0 Å². The molecule has 1 heterocycles. The SMILES string of the molecule is O=C(c1ccc(Cl)c(Br)c1)N1CCCC1CCO. The number of carbonyl (C=O) groups is 1. The van der Waals surface area contributed by atoms with Crippen molar-refractivity contribution in [1.82, 2.24) is 4.90 Å². The van der Waals surface area contributed by atoms with Crippen LogP contribution in [0.1, 0.15) is 29.6 Å². The van der Waals surface area contributed by atoms with Gasteiger partial charge < -0.3 is 10.0 Å². The molecule has 5 heteroatoms. The number of carbonyl (C=O) groups excluding carboxylic acids is 1. The first-order valence-electron chi connectivity index (χ1n) is 6.00. The minimum atomic E-state index is 0.0170. The van der Waals surface area contributed by atoms with E-state index in [1.165, 1.54) is 0 Å². The highest BCUT2D eigenvalue weighted by Gasteiger charge is 2.28. The maximum Gasteiger partial charge on any atom is 0.254 e. The lowest BCUT2D eigenvalue weighted by molar-refractivity contribution is 0.0716. The van der Waals surface area contributed by atoms with Gasteiger partial charge in [-0.05, 0) is 53.4 Å². The summed E-state index contributed by atoms with van der Waals surface area (Å²) in [6, 6.07) is 5.37. The Labute approximate surface area is 120 Å². The van der Waals surface area contributed by atoms with E-state index in [9.17, 15) is 4.79 Å². The predicted molar refractivity (Wildman–Crippen MR) is 74.9 cm³/mol.